The second kappa shape index (κ2) is 6.03. The van der Waals surface area contributed by atoms with E-state index in [1.807, 2.05) is 16.8 Å². The van der Waals surface area contributed by atoms with E-state index in [-0.39, 0.29) is 12.5 Å². The molecule has 2 aromatic rings. The third kappa shape index (κ3) is 3.12. The first-order valence-corrected chi connectivity index (χ1v) is 6.13. The maximum atomic E-state index is 11.2. The number of ether oxygens (including phenoxy) is 1. The molecule has 0 unspecified atom stereocenters. The Morgan fingerprint density at radius 3 is 3.05 bits per heavy atom. The van der Waals surface area contributed by atoms with Crippen LogP contribution in [-0.4, -0.2) is 40.5 Å². The Morgan fingerprint density at radius 2 is 2.32 bits per heavy atom. The zero-order chi connectivity index (χ0) is 13.7. The second-order valence-corrected chi connectivity index (χ2v) is 3.99. The smallest absolute Gasteiger partial charge is 0.325 e. The molecule has 2 N–H and O–H groups in total. The number of rotatable bonds is 6. The summed E-state index contributed by atoms with van der Waals surface area (Å²) in [7, 11) is 1.35. The Balaban J connectivity index is 2.23. The van der Waals surface area contributed by atoms with Crippen molar-refractivity contribution in [2.45, 2.75) is 13.3 Å². The number of carbonyl (C=O) groups excluding carboxylic acids is 1. The molecule has 0 aromatic carbocycles. The fourth-order valence-corrected chi connectivity index (χ4v) is 1.62. The van der Waals surface area contributed by atoms with E-state index in [1.165, 1.54) is 7.11 Å². The van der Waals surface area contributed by atoms with Gasteiger partial charge < -0.3 is 19.8 Å². The van der Waals surface area contributed by atoms with Gasteiger partial charge in [0.25, 0.3) is 0 Å². The summed E-state index contributed by atoms with van der Waals surface area (Å²) in [5.74, 6) is 0.939. The van der Waals surface area contributed by atoms with Crippen molar-refractivity contribution in [3.63, 3.8) is 0 Å². The number of imidazole rings is 1. The predicted octanol–water partition coefficient (Wildman–Crippen LogP) is 1.14. The molecule has 7 heteroatoms. The number of carbonyl (C=O) groups is 1. The van der Waals surface area contributed by atoms with Crippen LogP contribution in [0.25, 0.3) is 5.65 Å². The molecule has 102 valence electrons. The van der Waals surface area contributed by atoms with E-state index in [1.54, 1.807) is 6.20 Å². The van der Waals surface area contributed by atoms with E-state index in [2.05, 4.69) is 32.3 Å². The van der Waals surface area contributed by atoms with Gasteiger partial charge in [-0.3, -0.25) is 4.79 Å². The van der Waals surface area contributed by atoms with Crippen molar-refractivity contribution in [1.29, 1.82) is 0 Å². The standard InChI is InChI=1S/C12H17N5O2/c1-3-4-13-9-8-17-6-5-14-12(17)11(16-9)15-7-10(18)19-2/h5-6,8,13H,3-4,7H2,1-2H3,(H,15,16). The van der Waals surface area contributed by atoms with Gasteiger partial charge in [0.1, 0.15) is 12.4 Å². The molecule has 0 amide bonds. The Morgan fingerprint density at radius 1 is 1.47 bits per heavy atom. The van der Waals surface area contributed by atoms with Crippen LogP contribution in [0.5, 0.6) is 0 Å². The first kappa shape index (κ1) is 13.1. The lowest BCUT2D eigenvalue weighted by Gasteiger charge is -2.09. The van der Waals surface area contributed by atoms with E-state index >= 15 is 0 Å². The highest BCUT2D eigenvalue weighted by molar-refractivity contribution is 5.77. The number of hydrogen-bond donors (Lipinski definition) is 2. The molecule has 2 heterocycles. The maximum absolute atomic E-state index is 11.2. The highest BCUT2D eigenvalue weighted by Gasteiger charge is 2.08. The van der Waals surface area contributed by atoms with Gasteiger partial charge in [-0.2, -0.15) is 0 Å². The third-order valence-corrected chi connectivity index (χ3v) is 2.56. The number of aromatic nitrogens is 3. The number of fused-ring (bicyclic) bond motifs is 1. The van der Waals surface area contributed by atoms with Gasteiger partial charge in [0, 0.05) is 18.9 Å². The van der Waals surface area contributed by atoms with E-state index in [4.69, 9.17) is 0 Å². The summed E-state index contributed by atoms with van der Waals surface area (Å²) in [4.78, 5) is 19.8. The molecule has 0 spiro atoms. The minimum absolute atomic E-state index is 0.0588. The third-order valence-electron chi connectivity index (χ3n) is 2.56. The topological polar surface area (TPSA) is 80.5 Å². The molecule has 0 aliphatic rings. The molecule has 0 radical (unpaired) electrons. The van der Waals surface area contributed by atoms with Crippen LogP contribution in [0.3, 0.4) is 0 Å². The van der Waals surface area contributed by atoms with Crippen molar-refractivity contribution in [3.05, 3.63) is 18.6 Å². The molecule has 19 heavy (non-hydrogen) atoms. The van der Waals surface area contributed by atoms with Gasteiger partial charge in [-0.1, -0.05) is 6.92 Å². The fraction of sp³-hybridized carbons (Fsp3) is 0.417. The number of methoxy groups -OCH3 is 1. The minimum atomic E-state index is -0.349. The van der Waals surface area contributed by atoms with E-state index in [0.717, 1.165) is 18.8 Å². The summed E-state index contributed by atoms with van der Waals surface area (Å²) in [6.45, 7) is 2.98. The van der Waals surface area contributed by atoms with E-state index in [0.29, 0.717) is 11.5 Å². The van der Waals surface area contributed by atoms with Gasteiger partial charge in [-0.25, -0.2) is 9.97 Å². The van der Waals surface area contributed by atoms with Crippen LogP contribution in [0.4, 0.5) is 11.6 Å². The van der Waals surface area contributed by atoms with Gasteiger partial charge in [0.05, 0.1) is 13.3 Å². The van der Waals surface area contributed by atoms with Crippen LogP contribution in [0.2, 0.25) is 0 Å². The quantitative estimate of drug-likeness (QED) is 0.761. The maximum Gasteiger partial charge on any atom is 0.325 e. The van der Waals surface area contributed by atoms with Gasteiger partial charge in [0.15, 0.2) is 11.5 Å². The highest BCUT2D eigenvalue weighted by atomic mass is 16.5. The Hall–Kier alpha value is -2.31. The second-order valence-electron chi connectivity index (χ2n) is 3.99. The van der Waals surface area contributed by atoms with Crippen LogP contribution in [0, 0.1) is 0 Å². The van der Waals surface area contributed by atoms with Crippen LogP contribution in [0.15, 0.2) is 18.6 Å². The molecule has 0 saturated heterocycles. The lowest BCUT2D eigenvalue weighted by molar-refractivity contribution is -0.138. The summed E-state index contributed by atoms with van der Waals surface area (Å²) < 4.78 is 6.44. The minimum Gasteiger partial charge on any atom is -0.468 e. The molecular weight excluding hydrogens is 246 g/mol. The molecule has 2 rings (SSSR count). The zero-order valence-electron chi connectivity index (χ0n) is 11.0. The number of nitrogens with one attached hydrogen (secondary N) is 2. The summed E-state index contributed by atoms with van der Waals surface area (Å²) >= 11 is 0. The van der Waals surface area contributed by atoms with Gasteiger partial charge in [-0.15, -0.1) is 0 Å². The van der Waals surface area contributed by atoms with Crippen molar-refractivity contribution in [3.8, 4) is 0 Å². The predicted molar refractivity (Wildman–Crippen MR) is 72.3 cm³/mol. The van der Waals surface area contributed by atoms with E-state index in [9.17, 15) is 4.79 Å². The summed E-state index contributed by atoms with van der Waals surface area (Å²) in [6, 6.07) is 0. The average molecular weight is 263 g/mol. The summed E-state index contributed by atoms with van der Waals surface area (Å²) in [5, 5.41) is 6.13. The van der Waals surface area contributed by atoms with Gasteiger partial charge >= 0.3 is 5.97 Å². The summed E-state index contributed by atoms with van der Waals surface area (Å²) in [5.41, 5.74) is 0.672. The van der Waals surface area contributed by atoms with Crippen molar-refractivity contribution in [1.82, 2.24) is 14.4 Å². The monoisotopic (exact) mass is 263 g/mol. The molecule has 2 aromatic heterocycles. The van der Waals surface area contributed by atoms with Crippen LogP contribution in [-0.2, 0) is 9.53 Å². The summed E-state index contributed by atoms with van der Waals surface area (Å²) in [6.07, 6.45) is 6.39. The highest BCUT2D eigenvalue weighted by Crippen LogP contribution is 2.16. The number of esters is 1. The van der Waals surface area contributed by atoms with E-state index < -0.39 is 0 Å². The molecule has 0 fully saturated rings. The van der Waals surface area contributed by atoms with Crippen molar-refractivity contribution in [2.24, 2.45) is 0 Å². The lowest BCUT2D eigenvalue weighted by atomic mass is 10.4. The first-order valence-electron chi connectivity index (χ1n) is 6.13. The average Bonchev–Trinajstić information content (AvgIpc) is 2.90. The van der Waals surface area contributed by atoms with Crippen LogP contribution in [0.1, 0.15) is 13.3 Å². The number of anilines is 2. The zero-order valence-corrected chi connectivity index (χ0v) is 11.0. The van der Waals surface area contributed by atoms with Crippen molar-refractivity contribution in [2.75, 3.05) is 30.8 Å². The van der Waals surface area contributed by atoms with Crippen LogP contribution >= 0.6 is 0 Å². The normalized spacial score (nSPS) is 10.4. The lowest BCUT2D eigenvalue weighted by Crippen LogP contribution is -2.17. The SMILES string of the molecule is CCCNc1cn2ccnc2c(NCC(=O)OC)n1. The Labute approximate surface area is 111 Å². The van der Waals surface area contributed by atoms with Crippen molar-refractivity contribution >= 4 is 23.3 Å². The van der Waals surface area contributed by atoms with Gasteiger partial charge in [-0.05, 0) is 6.42 Å². The molecule has 0 atom stereocenters. The first-order chi connectivity index (χ1) is 9.24. The Kier molecular flexibility index (Phi) is 4.17. The molecule has 0 saturated carbocycles. The molecule has 0 bridgehead atoms. The van der Waals surface area contributed by atoms with Crippen molar-refractivity contribution < 1.29 is 9.53 Å². The Bertz CT molecular complexity index is 566. The molecule has 0 aliphatic carbocycles. The van der Waals surface area contributed by atoms with Crippen LogP contribution < -0.4 is 10.6 Å². The molecule has 0 aliphatic heterocycles. The largest absolute Gasteiger partial charge is 0.468 e. The fourth-order valence-electron chi connectivity index (χ4n) is 1.62. The number of nitrogens with zero attached hydrogens (tertiary/aromatic N) is 3. The van der Waals surface area contributed by atoms with Gasteiger partial charge in [0.2, 0.25) is 0 Å². The molecular formula is C12H17N5O2. The number of hydrogen-bond acceptors (Lipinski definition) is 6. The molecule has 7 nitrogen and oxygen atoms in total.